The minimum absolute atomic E-state index is 0.0549. The number of hydrogen-bond donors (Lipinski definition) is 4. The lowest BCUT2D eigenvalue weighted by Crippen LogP contribution is -2.23. The lowest BCUT2D eigenvalue weighted by atomic mass is 10.1. The highest BCUT2D eigenvalue weighted by atomic mass is 16.4. The lowest BCUT2D eigenvalue weighted by Gasteiger charge is -2.14. The zero-order valence-electron chi connectivity index (χ0n) is 10.6. The predicted octanol–water partition coefficient (Wildman–Crippen LogP) is 0.336. The molecule has 1 unspecified atom stereocenters. The Morgan fingerprint density at radius 3 is 2.85 bits per heavy atom. The molecule has 1 atom stereocenters. The first-order chi connectivity index (χ1) is 9.61. The van der Waals surface area contributed by atoms with E-state index in [1.807, 2.05) is 0 Å². The summed E-state index contributed by atoms with van der Waals surface area (Å²) in [5.74, 6) is -1.07. The monoisotopic (exact) mass is 277 g/mol. The number of nitrogens with one attached hydrogen (secondary N) is 1. The first-order valence-electron chi connectivity index (χ1n) is 6.02. The van der Waals surface area contributed by atoms with Crippen LogP contribution in [0.3, 0.4) is 0 Å². The molecule has 1 aromatic heterocycles. The van der Waals surface area contributed by atoms with Crippen LogP contribution in [0.5, 0.6) is 0 Å². The minimum atomic E-state index is -1.07. The number of hydrogen-bond acceptors (Lipinski definition) is 5. The average molecular weight is 277 g/mol. The van der Waals surface area contributed by atoms with E-state index in [1.165, 1.54) is 6.07 Å². The summed E-state index contributed by atoms with van der Waals surface area (Å²) < 4.78 is 1.60. The number of aromatic nitrogens is 2. The number of carbonyl (C=O) groups is 1. The van der Waals surface area contributed by atoms with Gasteiger partial charge in [-0.1, -0.05) is 0 Å². The molecular formula is C13H15N3O4. The molecule has 0 fully saturated rings. The summed E-state index contributed by atoms with van der Waals surface area (Å²) in [6, 6.07) is 6.49. The van der Waals surface area contributed by atoms with Gasteiger partial charge < -0.3 is 20.6 Å². The van der Waals surface area contributed by atoms with Gasteiger partial charge in [0.05, 0.1) is 29.6 Å². The maximum absolute atomic E-state index is 11.2. The van der Waals surface area contributed by atoms with Gasteiger partial charge in [-0.2, -0.15) is 5.10 Å². The topological polar surface area (TPSA) is 108 Å². The molecule has 0 bridgehead atoms. The molecule has 2 aromatic rings. The Bertz CT molecular complexity index is 583. The molecule has 1 aromatic carbocycles. The van der Waals surface area contributed by atoms with Crippen LogP contribution < -0.4 is 5.32 Å². The van der Waals surface area contributed by atoms with E-state index in [4.69, 9.17) is 10.2 Å². The van der Waals surface area contributed by atoms with Crippen molar-refractivity contribution in [2.45, 2.75) is 6.10 Å². The average Bonchev–Trinajstić information content (AvgIpc) is 2.98. The Morgan fingerprint density at radius 2 is 2.25 bits per heavy atom. The SMILES string of the molecule is O=C(O)c1ccc(-n2cccn2)cc1NCC(O)CO. The summed E-state index contributed by atoms with van der Waals surface area (Å²) in [7, 11) is 0. The van der Waals surface area contributed by atoms with Gasteiger partial charge in [-0.3, -0.25) is 0 Å². The first-order valence-corrected chi connectivity index (χ1v) is 6.02. The zero-order chi connectivity index (χ0) is 14.5. The van der Waals surface area contributed by atoms with E-state index in [0.29, 0.717) is 11.4 Å². The molecule has 7 nitrogen and oxygen atoms in total. The molecule has 0 saturated carbocycles. The molecule has 2 rings (SSSR count). The fourth-order valence-corrected chi connectivity index (χ4v) is 1.72. The molecule has 20 heavy (non-hydrogen) atoms. The van der Waals surface area contributed by atoms with E-state index in [1.54, 1.807) is 35.3 Å². The highest BCUT2D eigenvalue weighted by molar-refractivity contribution is 5.94. The number of aliphatic hydroxyl groups is 2. The van der Waals surface area contributed by atoms with E-state index in [2.05, 4.69) is 10.4 Å². The standard InChI is InChI=1S/C13H15N3O4/c17-8-10(18)7-14-12-6-9(16-5-1-4-15-16)2-3-11(12)13(19)20/h1-6,10,14,17-18H,7-8H2,(H,19,20). The Kier molecular flexibility index (Phi) is 4.34. The van der Waals surface area contributed by atoms with Gasteiger partial charge in [0.2, 0.25) is 0 Å². The largest absolute Gasteiger partial charge is 0.478 e. The van der Waals surface area contributed by atoms with Crippen LogP contribution in [0.2, 0.25) is 0 Å². The molecule has 0 radical (unpaired) electrons. The third-order valence-corrected chi connectivity index (χ3v) is 2.74. The predicted molar refractivity (Wildman–Crippen MR) is 72.1 cm³/mol. The van der Waals surface area contributed by atoms with Gasteiger partial charge >= 0.3 is 5.97 Å². The van der Waals surface area contributed by atoms with Crippen LogP contribution in [0.4, 0.5) is 5.69 Å². The summed E-state index contributed by atoms with van der Waals surface area (Å²) in [6.45, 7) is -0.340. The molecular weight excluding hydrogens is 262 g/mol. The van der Waals surface area contributed by atoms with Crippen molar-refractivity contribution < 1.29 is 20.1 Å². The third kappa shape index (κ3) is 3.14. The number of rotatable bonds is 6. The minimum Gasteiger partial charge on any atom is -0.478 e. The molecule has 1 heterocycles. The molecule has 0 aliphatic carbocycles. The van der Waals surface area contributed by atoms with Gasteiger partial charge in [-0.25, -0.2) is 9.48 Å². The Hall–Kier alpha value is -2.38. The van der Waals surface area contributed by atoms with Crippen LogP contribution in [-0.4, -0.2) is 50.3 Å². The summed E-state index contributed by atoms with van der Waals surface area (Å²) in [4.78, 5) is 11.2. The second-order valence-corrected chi connectivity index (χ2v) is 4.20. The number of nitrogens with zero attached hydrogens (tertiary/aromatic N) is 2. The maximum atomic E-state index is 11.2. The van der Waals surface area contributed by atoms with Gasteiger partial charge in [0, 0.05) is 18.9 Å². The van der Waals surface area contributed by atoms with Gasteiger partial charge in [0.15, 0.2) is 0 Å². The highest BCUT2D eigenvalue weighted by Crippen LogP contribution is 2.20. The van der Waals surface area contributed by atoms with E-state index in [9.17, 15) is 9.90 Å². The summed E-state index contributed by atoms with van der Waals surface area (Å²) >= 11 is 0. The van der Waals surface area contributed by atoms with Crippen LogP contribution in [0, 0.1) is 0 Å². The van der Waals surface area contributed by atoms with Gasteiger partial charge in [0.25, 0.3) is 0 Å². The van der Waals surface area contributed by atoms with Crippen LogP contribution in [0.25, 0.3) is 5.69 Å². The molecule has 0 spiro atoms. The van der Waals surface area contributed by atoms with Crippen LogP contribution >= 0.6 is 0 Å². The van der Waals surface area contributed by atoms with Crippen LogP contribution in [0.1, 0.15) is 10.4 Å². The number of aromatic carboxylic acids is 1. The lowest BCUT2D eigenvalue weighted by molar-refractivity contribution is 0.0697. The van der Waals surface area contributed by atoms with Crippen molar-refractivity contribution in [1.82, 2.24) is 9.78 Å². The maximum Gasteiger partial charge on any atom is 0.337 e. The second-order valence-electron chi connectivity index (χ2n) is 4.20. The number of carboxylic acid groups (broad SMARTS) is 1. The molecule has 4 N–H and O–H groups in total. The Labute approximate surface area is 115 Å². The van der Waals surface area contributed by atoms with Gasteiger partial charge in [-0.05, 0) is 24.3 Å². The van der Waals surface area contributed by atoms with E-state index in [-0.39, 0.29) is 12.1 Å². The molecule has 0 saturated heterocycles. The summed E-state index contributed by atoms with van der Waals surface area (Å²) in [5, 5.41) is 34.1. The van der Waals surface area contributed by atoms with Crippen molar-refractivity contribution in [3.63, 3.8) is 0 Å². The summed E-state index contributed by atoms with van der Waals surface area (Å²) in [6.07, 6.45) is 2.40. The zero-order valence-corrected chi connectivity index (χ0v) is 10.6. The Morgan fingerprint density at radius 1 is 1.45 bits per heavy atom. The number of anilines is 1. The van der Waals surface area contributed by atoms with Crippen molar-refractivity contribution in [1.29, 1.82) is 0 Å². The van der Waals surface area contributed by atoms with E-state index in [0.717, 1.165) is 0 Å². The first kappa shape index (κ1) is 14.0. The van der Waals surface area contributed by atoms with E-state index >= 15 is 0 Å². The fourth-order valence-electron chi connectivity index (χ4n) is 1.72. The molecule has 7 heteroatoms. The van der Waals surface area contributed by atoms with Crippen molar-refractivity contribution in [2.75, 3.05) is 18.5 Å². The van der Waals surface area contributed by atoms with Crippen molar-refractivity contribution in [2.24, 2.45) is 0 Å². The van der Waals surface area contributed by atoms with Gasteiger partial charge in [-0.15, -0.1) is 0 Å². The third-order valence-electron chi connectivity index (χ3n) is 2.74. The number of benzene rings is 1. The van der Waals surface area contributed by atoms with Gasteiger partial charge in [0.1, 0.15) is 0 Å². The van der Waals surface area contributed by atoms with Crippen LogP contribution in [-0.2, 0) is 0 Å². The van der Waals surface area contributed by atoms with E-state index < -0.39 is 18.7 Å². The Balaban J connectivity index is 2.30. The smallest absolute Gasteiger partial charge is 0.337 e. The van der Waals surface area contributed by atoms with Crippen molar-refractivity contribution >= 4 is 11.7 Å². The molecule has 0 amide bonds. The summed E-state index contributed by atoms with van der Waals surface area (Å²) in [5.41, 5.74) is 1.14. The fraction of sp³-hybridized carbons (Fsp3) is 0.231. The van der Waals surface area contributed by atoms with Crippen molar-refractivity contribution in [3.8, 4) is 5.69 Å². The number of aliphatic hydroxyl groups excluding tert-OH is 2. The second kappa shape index (κ2) is 6.18. The molecule has 0 aliphatic heterocycles. The van der Waals surface area contributed by atoms with Crippen molar-refractivity contribution in [3.05, 3.63) is 42.2 Å². The van der Waals surface area contributed by atoms with Crippen LogP contribution in [0.15, 0.2) is 36.7 Å². The normalized spacial score (nSPS) is 12.1. The number of carboxylic acids is 1. The highest BCUT2D eigenvalue weighted by Gasteiger charge is 2.12. The molecule has 106 valence electrons. The molecule has 0 aliphatic rings. The quantitative estimate of drug-likeness (QED) is 0.606.